The summed E-state index contributed by atoms with van der Waals surface area (Å²) in [5.74, 6) is -0.191. The van der Waals surface area contributed by atoms with Gasteiger partial charge in [-0.25, -0.2) is 0 Å². The van der Waals surface area contributed by atoms with Crippen molar-refractivity contribution < 1.29 is 9.90 Å². The summed E-state index contributed by atoms with van der Waals surface area (Å²) in [4.78, 5) is 17.7. The van der Waals surface area contributed by atoms with Crippen LogP contribution in [-0.4, -0.2) is 46.6 Å². The third-order valence-corrected chi connectivity index (χ3v) is 4.95. The Balaban J connectivity index is 1.30. The van der Waals surface area contributed by atoms with Crippen molar-refractivity contribution in [1.29, 1.82) is 0 Å². The highest BCUT2D eigenvalue weighted by Crippen LogP contribution is 2.18. The lowest BCUT2D eigenvalue weighted by molar-refractivity contribution is 0.0838. The molecule has 26 heavy (non-hydrogen) atoms. The Morgan fingerprint density at radius 2 is 1.92 bits per heavy atom. The van der Waals surface area contributed by atoms with Crippen LogP contribution in [0.25, 0.3) is 10.9 Å². The molecule has 1 aliphatic rings. The van der Waals surface area contributed by atoms with Crippen molar-refractivity contribution in [2.75, 3.05) is 19.6 Å². The monoisotopic (exact) mass is 349 g/mol. The molecule has 134 valence electrons. The van der Waals surface area contributed by atoms with Gasteiger partial charge in [0.05, 0.1) is 6.10 Å². The Morgan fingerprint density at radius 3 is 2.77 bits per heavy atom. The molecule has 5 nitrogen and oxygen atoms in total. The van der Waals surface area contributed by atoms with E-state index >= 15 is 0 Å². The zero-order valence-corrected chi connectivity index (χ0v) is 14.6. The van der Waals surface area contributed by atoms with E-state index in [4.69, 9.17) is 0 Å². The van der Waals surface area contributed by atoms with E-state index in [1.54, 1.807) is 0 Å². The van der Waals surface area contributed by atoms with Crippen LogP contribution >= 0.6 is 0 Å². The first-order valence-corrected chi connectivity index (χ1v) is 9.02. The van der Waals surface area contributed by atoms with Gasteiger partial charge in [-0.1, -0.05) is 42.5 Å². The minimum Gasteiger partial charge on any atom is -0.390 e. The van der Waals surface area contributed by atoms with Crippen LogP contribution in [0.4, 0.5) is 0 Å². The first-order chi connectivity index (χ1) is 12.7. The van der Waals surface area contributed by atoms with E-state index in [0.717, 1.165) is 30.4 Å². The van der Waals surface area contributed by atoms with Gasteiger partial charge in [-0.2, -0.15) is 0 Å². The second kappa shape index (κ2) is 7.32. The van der Waals surface area contributed by atoms with Crippen molar-refractivity contribution in [3.05, 3.63) is 71.4 Å². The molecule has 3 aromatic rings. The maximum Gasteiger partial charge on any atom is 0.267 e. The van der Waals surface area contributed by atoms with Gasteiger partial charge in [-0.05, 0) is 29.7 Å². The Hall–Kier alpha value is -2.63. The number of amides is 1. The van der Waals surface area contributed by atoms with Gasteiger partial charge in [-0.3, -0.25) is 9.69 Å². The molecule has 0 aliphatic carbocycles. The summed E-state index contributed by atoms with van der Waals surface area (Å²) >= 11 is 0. The standard InChI is InChI=1S/C21H23N3O2/c25-18(14-24-10-9-15-5-1-2-7-17(15)13-24)12-22-21(26)20-11-16-6-3-4-8-19(16)23-20/h1-8,11,18,23,25H,9-10,12-14H2,(H,22,26)/t18-/m0/s1. The molecule has 0 radical (unpaired) electrons. The molecule has 0 unspecified atom stereocenters. The van der Waals surface area contributed by atoms with E-state index in [-0.39, 0.29) is 12.5 Å². The molecular weight excluding hydrogens is 326 g/mol. The number of aliphatic hydroxyl groups is 1. The van der Waals surface area contributed by atoms with E-state index in [0.29, 0.717) is 12.2 Å². The number of β-amino-alcohol motifs (C(OH)–C–C–N with tert-alkyl or cyclic N) is 1. The Kier molecular flexibility index (Phi) is 4.73. The van der Waals surface area contributed by atoms with Crippen LogP contribution in [0.1, 0.15) is 21.6 Å². The zero-order chi connectivity index (χ0) is 17.9. The van der Waals surface area contributed by atoms with E-state index in [2.05, 4.69) is 39.5 Å². The summed E-state index contributed by atoms with van der Waals surface area (Å²) in [6.07, 6.45) is 0.415. The van der Waals surface area contributed by atoms with Gasteiger partial charge in [0.15, 0.2) is 0 Å². The number of nitrogens with one attached hydrogen (secondary N) is 2. The number of carbonyl (C=O) groups excluding carboxylic acids is 1. The van der Waals surface area contributed by atoms with Crippen LogP contribution in [0.2, 0.25) is 0 Å². The second-order valence-corrected chi connectivity index (χ2v) is 6.89. The number of nitrogens with zero attached hydrogens (tertiary/aromatic N) is 1. The van der Waals surface area contributed by atoms with Crippen LogP contribution < -0.4 is 5.32 Å². The summed E-state index contributed by atoms with van der Waals surface area (Å²) < 4.78 is 0. The number of H-pyrrole nitrogens is 1. The molecule has 5 heteroatoms. The zero-order valence-electron chi connectivity index (χ0n) is 14.6. The molecule has 1 amide bonds. The first-order valence-electron chi connectivity index (χ1n) is 9.02. The quantitative estimate of drug-likeness (QED) is 0.662. The number of hydrogen-bond acceptors (Lipinski definition) is 3. The van der Waals surface area contributed by atoms with Gasteiger partial charge < -0.3 is 15.4 Å². The highest BCUT2D eigenvalue weighted by molar-refractivity contribution is 5.97. The number of para-hydroxylation sites is 1. The number of rotatable bonds is 5. The molecule has 0 bridgehead atoms. The van der Waals surface area contributed by atoms with Gasteiger partial charge >= 0.3 is 0 Å². The Bertz CT molecular complexity index is 885. The minimum atomic E-state index is -0.589. The van der Waals surface area contributed by atoms with Crippen molar-refractivity contribution >= 4 is 16.8 Å². The topological polar surface area (TPSA) is 68.4 Å². The number of aromatic amines is 1. The number of aliphatic hydroxyl groups excluding tert-OH is 1. The van der Waals surface area contributed by atoms with E-state index < -0.39 is 6.10 Å². The number of fused-ring (bicyclic) bond motifs is 2. The lowest BCUT2D eigenvalue weighted by atomic mass is 10.00. The average Bonchev–Trinajstić information content (AvgIpc) is 3.10. The first kappa shape index (κ1) is 16.8. The van der Waals surface area contributed by atoms with Gasteiger partial charge in [0.1, 0.15) is 5.69 Å². The third-order valence-electron chi connectivity index (χ3n) is 4.95. The van der Waals surface area contributed by atoms with Crippen molar-refractivity contribution in [2.45, 2.75) is 19.1 Å². The largest absolute Gasteiger partial charge is 0.390 e. The molecule has 0 saturated carbocycles. The summed E-state index contributed by atoms with van der Waals surface area (Å²) in [6.45, 7) is 2.58. The number of benzene rings is 2. The van der Waals surface area contributed by atoms with Gasteiger partial charge in [0.25, 0.3) is 5.91 Å². The maximum absolute atomic E-state index is 12.3. The molecule has 1 aromatic heterocycles. The highest BCUT2D eigenvalue weighted by atomic mass is 16.3. The van der Waals surface area contributed by atoms with E-state index in [1.807, 2.05) is 30.3 Å². The van der Waals surface area contributed by atoms with E-state index in [9.17, 15) is 9.90 Å². The van der Waals surface area contributed by atoms with Crippen LogP contribution in [-0.2, 0) is 13.0 Å². The fourth-order valence-electron chi connectivity index (χ4n) is 3.57. The lowest BCUT2D eigenvalue weighted by Gasteiger charge is -2.30. The van der Waals surface area contributed by atoms with Crippen molar-refractivity contribution in [1.82, 2.24) is 15.2 Å². The van der Waals surface area contributed by atoms with Gasteiger partial charge in [0.2, 0.25) is 0 Å². The second-order valence-electron chi connectivity index (χ2n) is 6.89. The predicted octanol–water partition coefficient (Wildman–Crippen LogP) is 2.32. The summed E-state index contributed by atoms with van der Waals surface area (Å²) in [5.41, 5.74) is 4.17. The SMILES string of the molecule is O=C(NC[C@H](O)CN1CCc2ccccc2C1)c1cc2ccccc2[nH]1. The van der Waals surface area contributed by atoms with Crippen LogP contribution in [0, 0.1) is 0 Å². The Labute approximate surface area is 152 Å². The summed E-state index contributed by atoms with van der Waals surface area (Å²) in [5, 5.41) is 14.1. The number of aromatic nitrogens is 1. The van der Waals surface area contributed by atoms with E-state index in [1.165, 1.54) is 11.1 Å². The third kappa shape index (κ3) is 3.64. The fraction of sp³-hybridized carbons (Fsp3) is 0.286. The molecule has 2 aromatic carbocycles. The smallest absolute Gasteiger partial charge is 0.267 e. The highest BCUT2D eigenvalue weighted by Gasteiger charge is 2.19. The van der Waals surface area contributed by atoms with Gasteiger partial charge in [-0.15, -0.1) is 0 Å². The van der Waals surface area contributed by atoms with Crippen LogP contribution in [0.5, 0.6) is 0 Å². The molecule has 0 spiro atoms. The lowest BCUT2D eigenvalue weighted by Crippen LogP contribution is -2.42. The molecule has 1 atom stereocenters. The number of hydrogen-bond donors (Lipinski definition) is 3. The molecular formula is C21H23N3O2. The molecule has 2 heterocycles. The normalized spacial score (nSPS) is 15.6. The average molecular weight is 349 g/mol. The van der Waals surface area contributed by atoms with Gasteiger partial charge in [0, 0.05) is 37.1 Å². The molecule has 0 saturated heterocycles. The van der Waals surface area contributed by atoms with Crippen molar-refractivity contribution in [3.8, 4) is 0 Å². The molecule has 0 fully saturated rings. The molecule has 4 rings (SSSR count). The predicted molar refractivity (Wildman–Crippen MR) is 102 cm³/mol. The Morgan fingerprint density at radius 1 is 1.15 bits per heavy atom. The molecule has 3 N–H and O–H groups in total. The van der Waals surface area contributed by atoms with Crippen LogP contribution in [0.15, 0.2) is 54.6 Å². The summed E-state index contributed by atoms with van der Waals surface area (Å²) in [6, 6.07) is 18.1. The fourth-order valence-corrected chi connectivity index (χ4v) is 3.57. The maximum atomic E-state index is 12.3. The van der Waals surface area contributed by atoms with Crippen LogP contribution in [0.3, 0.4) is 0 Å². The minimum absolute atomic E-state index is 0.191. The molecule has 1 aliphatic heterocycles. The van der Waals surface area contributed by atoms with Crippen molar-refractivity contribution in [3.63, 3.8) is 0 Å². The number of carbonyl (C=O) groups is 1. The summed E-state index contributed by atoms with van der Waals surface area (Å²) in [7, 11) is 0. The van der Waals surface area contributed by atoms with Crippen molar-refractivity contribution in [2.24, 2.45) is 0 Å².